The van der Waals surface area contributed by atoms with E-state index in [-0.39, 0.29) is 5.83 Å². The van der Waals surface area contributed by atoms with Crippen LogP contribution in [0.1, 0.15) is 20.3 Å². The summed E-state index contributed by atoms with van der Waals surface area (Å²) in [7, 11) is 0. The van der Waals surface area contributed by atoms with Crippen LogP contribution in [0.4, 0.5) is 4.39 Å². The van der Waals surface area contributed by atoms with Crippen molar-refractivity contribution in [2.45, 2.75) is 20.3 Å². The number of hydrogen-bond acceptors (Lipinski definition) is 0. The zero-order valence-electron chi connectivity index (χ0n) is 7.23. The van der Waals surface area contributed by atoms with Crippen LogP contribution in [0.3, 0.4) is 0 Å². The third kappa shape index (κ3) is 3.76. The number of rotatable bonds is 4. The molecule has 1 heteroatoms. The fraction of sp³-hybridized carbons (Fsp3) is 0.400. The van der Waals surface area contributed by atoms with Crippen molar-refractivity contribution in [3.05, 3.63) is 36.7 Å². The lowest BCUT2D eigenvalue weighted by molar-refractivity contribution is 0.643. The van der Waals surface area contributed by atoms with Crippen LogP contribution < -0.4 is 0 Å². The van der Waals surface area contributed by atoms with Gasteiger partial charge in [-0.1, -0.05) is 27.0 Å². The van der Waals surface area contributed by atoms with E-state index in [4.69, 9.17) is 0 Å². The topological polar surface area (TPSA) is 0 Å². The minimum Gasteiger partial charge on any atom is -0.207 e. The van der Waals surface area contributed by atoms with Gasteiger partial charge in [-0.25, -0.2) is 4.39 Å². The van der Waals surface area contributed by atoms with Gasteiger partial charge in [0, 0.05) is 0 Å². The maximum Gasteiger partial charge on any atom is 0.122 e. The molecule has 1 unspecified atom stereocenters. The van der Waals surface area contributed by atoms with Crippen molar-refractivity contribution in [2.24, 2.45) is 5.92 Å². The quantitative estimate of drug-likeness (QED) is 0.542. The van der Waals surface area contributed by atoms with Gasteiger partial charge in [0.2, 0.25) is 0 Å². The standard InChI is InChI=1S/C10H15F/c1-5-8(3)9(4)7-10(11)6-2/h6-8H,2,4-5H2,1,3H3/b10-7+. The molecule has 0 aliphatic rings. The van der Waals surface area contributed by atoms with Gasteiger partial charge in [-0.05, 0) is 30.1 Å². The van der Waals surface area contributed by atoms with E-state index in [9.17, 15) is 4.39 Å². The Morgan fingerprint density at radius 3 is 2.55 bits per heavy atom. The Kier molecular flexibility index (Phi) is 4.51. The molecular weight excluding hydrogens is 139 g/mol. The maximum absolute atomic E-state index is 12.6. The molecule has 0 radical (unpaired) electrons. The third-order valence-electron chi connectivity index (χ3n) is 1.76. The van der Waals surface area contributed by atoms with E-state index in [1.807, 2.05) is 6.92 Å². The van der Waals surface area contributed by atoms with Gasteiger partial charge in [-0.3, -0.25) is 0 Å². The average Bonchev–Trinajstić information content (AvgIpc) is 2.02. The summed E-state index contributed by atoms with van der Waals surface area (Å²) < 4.78 is 12.6. The van der Waals surface area contributed by atoms with Crippen molar-refractivity contribution < 1.29 is 4.39 Å². The molecule has 0 heterocycles. The predicted molar refractivity (Wildman–Crippen MR) is 48.0 cm³/mol. The largest absolute Gasteiger partial charge is 0.207 e. The number of halogens is 1. The molecule has 0 aliphatic heterocycles. The lowest BCUT2D eigenvalue weighted by Gasteiger charge is -2.06. The Balaban J connectivity index is 4.16. The molecule has 0 saturated heterocycles. The van der Waals surface area contributed by atoms with Gasteiger partial charge in [-0.2, -0.15) is 0 Å². The summed E-state index contributed by atoms with van der Waals surface area (Å²) in [6.07, 6.45) is 3.61. The minimum absolute atomic E-state index is 0.310. The van der Waals surface area contributed by atoms with Gasteiger partial charge in [0.15, 0.2) is 0 Å². The van der Waals surface area contributed by atoms with Gasteiger partial charge in [0.25, 0.3) is 0 Å². The molecule has 0 aromatic carbocycles. The lowest BCUT2D eigenvalue weighted by Crippen LogP contribution is -1.93. The van der Waals surface area contributed by atoms with Crippen LogP contribution in [0.5, 0.6) is 0 Å². The normalized spacial score (nSPS) is 14.3. The summed E-state index contributed by atoms with van der Waals surface area (Å²) in [5.74, 6) is 0.0380. The summed E-state index contributed by atoms with van der Waals surface area (Å²) in [5.41, 5.74) is 0.824. The predicted octanol–water partition coefficient (Wildman–Crippen LogP) is 3.63. The first-order chi connectivity index (χ1) is 5.11. The monoisotopic (exact) mass is 154 g/mol. The lowest BCUT2D eigenvalue weighted by atomic mass is 10.00. The third-order valence-corrected chi connectivity index (χ3v) is 1.76. The second-order valence-electron chi connectivity index (χ2n) is 2.62. The smallest absolute Gasteiger partial charge is 0.122 e. The molecule has 0 saturated carbocycles. The average molecular weight is 154 g/mol. The molecule has 0 bridgehead atoms. The van der Waals surface area contributed by atoms with Crippen molar-refractivity contribution >= 4 is 0 Å². The van der Waals surface area contributed by atoms with Crippen molar-refractivity contribution in [3.8, 4) is 0 Å². The summed E-state index contributed by atoms with van der Waals surface area (Å²) in [6.45, 7) is 11.1. The molecule has 0 aromatic heterocycles. The Labute approximate surface area is 68.1 Å². The van der Waals surface area contributed by atoms with E-state index in [0.717, 1.165) is 12.0 Å². The Morgan fingerprint density at radius 2 is 2.18 bits per heavy atom. The van der Waals surface area contributed by atoms with Gasteiger partial charge < -0.3 is 0 Å². The first kappa shape index (κ1) is 10.2. The van der Waals surface area contributed by atoms with E-state index in [1.54, 1.807) is 0 Å². The van der Waals surface area contributed by atoms with Crippen LogP contribution in [0, 0.1) is 5.92 Å². The summed E-state index contributed by atoms with van der Waals surface area (Å²) in [6, 6.07) is 0. The molecule has 0 nitrogen and oxygen atoms in total. The van der Waals surface area contributed by atoms with Crippen LogP contribution in [0.25, 0.3) is 0 Å². The molecule has 0 amide bonds. The molecule has 0 aliphatic carbocycles. The highest BCUT2D eigenvalue weighted by Gasteiger charge is 2.00. The van der Waals surface area contributed by atoms with E-state index in [1.165, 1.54) is 12.2 Å². The summed E-state index contributed by atoms with van der Waals surface area (Å²) in [4.78, 5) is 0. The molecule has 0 N–H and O–H groups in total. The first-order valence-electron chi connectivity index (χ1n) is 3.80. The second kappa shape index (κ2) is 4.89. The highest BCUT2D eigenvalue weighted by atomic mass is 19.1. The molecule has 0 rings (SSSR count). The van der Waals surface area contributed by atoms with Crippen molar-refractivity contribution in [1.29, 1.82) is 0 Å². The minimum atomic E-state index is -0.310. The molecule has 11 heavy (non-hydrogen) atoms. The second-order valence-corrected chi connectivity index (χ2v) is 2.62. The summed E-state index contributed by atoms with van der Waals surface area (Å²) >= 11 is 0. The molecule has 62 valence electrons. The van der Waals surface area contributed by atoms with Gasteiger partial charge in [-0.15, -0.1) is 0 Å². The first-order valence-corrected chi connectivity index (χ1v) is 3.80. The van der Waals surface area contributed by atoms with Crippen LogP contribution in [-0.4, -0.2) is 0 Å². The summed E-state index contributed by atoms with van der Waals surface area (Å²) in [5, 5.41) is 0. The van der Waals surface area contributed by atoms with Crippen molar-refractivity contribution in [2.75, 3.05) is 0 Å². The molecule has 0 fully saturated rings. The Bertz CT molecular complexity index is 177. The van der Waals surface area contributed by atoms with Crippen molar-refractivity contribution in [1.82, 2.24) is 0 Å². The SMILES string of the molecule is C=C/C(F)=C\C(=C)C(C)CC. The number of hydrogen-bond donors (Lipinski definition) is 0. The van der Waals surface area contributed by atoms with Crippen LogP contribution in [0.2, 0.25) is 0 Å². The highest BCUT2D eigenvalue weighted by Crippen LogP contribution is 2.15. The van der Waals surface area contributed by atoms with Gasteiger partial charge >= 0.3 is 0 Å². The molecular formula is C10H15F. The molecule has 1 atom stereocenters. The Hall–Kier alpha value is -0.850. The van der Waals surface area contributed by atoms with E-state index in [2.05, 4.69) is 20.1 Å². The van der Waals surface area contributed by atoms with E-state index < -0.39 is 0 Å². The van der Waals surface area contributed by atoms with Crippen LogP contribution >= 0.6 is 0 Å². The van der Waals surface area contributed by atoms with Crippen molar-refractivity contribution in [3.63, 3.8) is 0 Å². The van der Waals surface area contributed by atoms with Crippen LogP contribution in [-0.2, 0) is 0 Å². The zero-order valence-corrected chi connectivity index (χ0v) is 7.23. The van der Waals surface area contributed by atoms with E-state index in [0.29, 0.717) is 5.92 Å². The van der Waals surface area contributed by atoms with Crippen LogP contribution in [0.15, 0.2) is 36.7 Å². The highest BCUT2D eigenvalue weighted by molar-refractivity contribution is 5.24. The molecule has 0 aromatic rings. The maximum atomic E-state index is 12.6. The van der Waals surface area contributed by atoms with Gasteiger partial charge in [0.05, 0.1) is 0 Å². The molecule has 0 spiro atoms. The fourth-order valence-corrected chi connectivity index (χ4v) is 0.640. The van der Waals surface area contributed by atoms with E-state index >= 15 is 0 Å². The Morgan fingerprint density at radius 1 is 1.64 bits per heavy atom. The zero-order chi connectivity index (χ0) is 8.85. The fourth-order valence-electron chi connectivity index (χ4n) is 0.640. The van der Waals surface area contributed by atoms with Gasteiger partial charge in [0.1, 0.15) is 5.83 Å². The number of allylic oxidation sites excluding steroid dienone is 4.